The van der Waals surface area contributed by atoms with E-state index in [1.54, 1.807) is 0 Å². The van der Waals surface area contributed by atoms with Crippen molar-refractivity contribution >= 4 is 17.6 Å². The van der Waals surface area contributed by atoms with Crippen LogP contribution < -0.4 is 0 Å². The molecule has 1 aliphatic heterocycles. The van der Waals surface area contributed by atoms with E-state index in [4.69, 9.17) is 9.15 Å². The molecule has 0 saturated carbocycles. The van der Waals surface area contributed by atoms with Gasteiger partial charge in [0.15, 0.2) is 0 Å². The molecule has 58 heavy (non-hydrogen) atoms. The zero-order valence-electron chi connectivity index (χ0n) is 36.3. The van der Waals surface area contributed by atoms with Crippen LogP contribution in [0, 0.1) is 0 Å². The first kappa shape index (κ1) is 44.7. The number of carbonyl (C=O) groups is 1. The van der Waals surface area contributed by atoms with E-state index in [1.165, 1.54) is 88.2 Å². The third-order valence-corrected chi connectivity index (χ3v) is 11.5. The Balaban J connectivity index is 1.34. The molecule has 5 rings (SSSR count). The fraction of sp³-hybridized carbons (Fsp3) is 0.481. The van der Waals surface area contributed by atoms with Gasteiger partial charge in [-0.25, -0.2) is 4.42 Å². The molecule has 0 fully saturated rings. The number of carbonyl (C=O) groups excluding carboxylic acids is 1. The lowest BCUT2D eigenvalue weighted by Crippen LogP contribution is -2.21. The maximum atomic E-state index is 13.7. The molecule has 0 radical (unpaired) electrons. The summed E-state index contributed by atoms with van der Waals surface area (Å²) in [7, 11) is 0. The highest BCUT2D eigenvalue weighted by molar-refractivity contribution is 6.23. The number of allylic oxidation sites excluding steroid dienone is 7. The average molecular weight is 784 g/mol. The van der Waals surface area contributed by atoms with Crippen molar-refractivity contribution in [3.63, 3.8) is 0 Å². The van der Waals surface area contributed by atoms with Crippen LogP contribution >= 0.6 is 0 Å². The third-order valence-electron chi connectivity index (χ3n) is 11.5. The monoisotopic (exact) mass is 784 g/mol. The van der Waals surface area contributed by atoms with Gasteiger partial charge in [0.2, 0.25) is 5.78 Å². The second kappa shape index (κ2) is 24.5. The number of unbranched alkanes of at least 4 members (excludes halogenated alkanes) is 14. The summed E-state index contributed by atoms with van der Waals surface area (Å²) in [5.41, 5.74) is 7.12. The Labute approximate surface area is 350 Å². The van der Waals surface area contributed by atoms with Gasteiger partial charge < -0.3 is 9.84 Å². The molecule has 1 aromatic heterocycles. The molecule has 4 nitrogen and oxygen atoms in total. The number of hydrogen-bond acceptors (Lipinski definition) is 3. The van der Waals surface area contributed by atoms with Crippen molar-refractivity contribution in [1.29, 1.82) is 0 Å². The Morgan fingerprint density at radius 3 is 1.67 bits per heavy atom. The fourth-order valence-corrected chi connectivity index (χ4v) is 7.89. The number of aliphatic hydroxyl groups is 1. The van der Waals surface area contributed by atoms with E-state index < -0.39 is 0 Å². The minimum atomic E-state index is -0.152. The van der Waals surface area contributed by atoms with Gasteiger partial charge in [0.05, 0.1) is 29.2 Å². The van der Waals surface area contributed by atoms with Crippen LogP contribution in [0.1, 0.15) is 178 Å². The maximum absolute atomic E-state index is 13.7. The van der Waals surface area contributed by atoms with Gasteiger partial charge in [-0.2, -0.15) is 0 Å². The number of aryl methyl sites for hydroxylation is 3. The van der Waals surface area contributed by atoms with E-state index in [9.17, 15) is 9.90 Å². The molecule has 2 aliphatic rings. The van der Waals surface area contributed by atoms with Crippen LogP contribution in [0.25, 0.3) is 23.2 Å². The molecular weight excluding hydrogens is 713 g/mol. The van der Waals surface area contributed by atoms with Crippen LogP contribution in [0.3, 0.4) is 0 Å². The van der Waals surface area contributed by atoms with Crippen LogP contribution in [-0.4, -0.2) is 10.9 Å². The van der Waals surface area contributed by atoms with Gasteiger partial charge in [-0.05, 0) is 97.2 Å². The highest BCUT2D eigenvalue weighted by atomic mass is 16.5. The summed E-state index contributed by atoms with van der Waals surface area (Å²) in [5, 5.41) is 11.4. The molecule has 4 heteroatoms. The molecule has 0 amide bonds. The average Bonchev–Trinajstić information content (AvgIpc) is 3.25. The van der Waals surface area contributed by atoms with Gasteiger partial charge in [-0.15, -0.1) is 0 Å². The standard InChI is InChI=1S/C54H70O4/c1-5-9-13-15-17-21-23-41-27-31-45(32-28-41)51-39-43(35-47(57-51)25-19-11-7-3)37-49-53(55)50(54(49)56)38-44-36-48(26-20-12-8-4)58-52(40-44)46-33-29-42(30-34-46)24-22-18-16-14-10-6-2/h27-40H,5-26H2,1-4H3/p+1. The summed E-state index contributed by atoms with van der Waals surface area (Å²) in [6.07, 6.45) is 33.6. The summed E-state index contributed by atoms with van der Waals surface area (Å²) in [4.78, 5) is 13.7. The summed E-state index contributed by atoms with van der Waals surface area (Å²) in [6, 6.07) is 21.5. The summed E-state index contributed by atoms with van der Waals surface area (Å²) in [5.74, 6) is 3.22. The van der Waals surface area contributed by atoms with Gasteiger partial charge in [0, 0.05) is 18.1 Å². The molecule has 1 N–H and O–H groups in total. The molecule has 0 spiro atoms. The molecule has 0 atom stereocenters. The van der Waals surface area contributed by atoms with Crippen LogP contribution in [0.2, 0.25) is 0 Å². The Morgan fingerprint density at radius 1 is 0.569 bits per heavy atom. The first-order valence-electron chi connectivity index (χ1n) is 23.1. The lowest BCUT2D eigenvalue weighted by molar-refractivity contribution is -0.113. The Kier molecular flexibility index (Phi) is 18.8. The van der Waals surface area contributed by atoms with Gasteiger partial charge in [0.25, 0.3) is 0 Å². The van der Waals surface area contributed by atoms with Crippen molar-refractivity contribution in [1.82, 2.24) is 0 Å². The van der Waals surface area contributed by atoms with Crippen LogP contribution in [0.15, 0.2) is 112 Å². The van der Waals surface area contributed by atoms with Gasteiger partial charge in [-0.3, -0.25) is 4.79 Å². The SMILES string of the molecule is CCCCCCCCc1ccc(C2=CC(=CC3=C(O)C(=Cc4cc(CCCCC)[o+]c(-c5ccc(CCCCCCCC)cc5)c4)C3=O)C=C(CCCCC)O2)cc1. The molecule has 0 saturated heterocycles. The Morgan fingerprint density at radius 2 is 1.09 bits per heavy atom. The first-order valence-corrected chi connectivity index (χ1v) is 23.1. The van der Waals surface area contributed by atoms with Crippen molar-refractivity contribution < 1.29 is 19.1 Å². The minimum Gasteiger partial charge on any atom is -0.506 e. The van der Waals surface area contributed by atoms with Gasteiger partial charge in [0.1, 0.15) is 17.3 Å². The largest absolute Gasteiger partial charge is 0.506 e. The Hall–Kier alpha value is -4.44. The molecule has 2 aromatic carbocycles. The molecule has 0 unspecified atom stereocenters. The zero-order chi connectivity index (χ0) is 41.0. The number of hydrogen-bond donors (Lipinski definition) is 1. The van der Waals surface area contributed by atoms with Crippen LogP contribution in [-0.2, 0) is 28.8 Å². The van der Waals surface area contributed by atoms with E-state index in [-0.39, 0.29) is 11.5 Å². The van der Waals surface area contributed by atoms with E-state index in [1.807, 2.05) is 36.4 Å². The zero-order valence-corrected chi connectivity index (χ0v) is 36.3. The number of rotatable bonds is 26. The topological polar surface area (TPSA) is 57.8 Å². The number of ether oxygens (including phenoxy) is 1. The highest BCUT2D eigenvalue weighted by Gasteiger charge is 2.33. The second-order valence-corrected chi connectivity index (χ2v) is 16.6. The summed E-state index contributed by atoms with van der Waals surface area (Å²) in [6.45, 7) is 8.93. The van der Waals surface area contributed by atoms with Crippen molar-refractivity contribution in [3.05, 3.63) is 135 Å². The Bertz CT molecular complexity index is 1900. The smallest absolute Gasteiger partial charge is 0.360 e. The summed E-state index contributed by atoms with van der Waals surface area (Å²) < 4.78 is 12.9. The van der Waals surface area contributed by atoms with E-state index in [0.717, 1.165) is 110 Å². The van der Waals surface area contributed by atoms with E-state index >= 15 is 0 Å². The van der Waals surface area contributed by atoms with Crippen LogP contribution in [0.4, 0.5) is 0 Å². The molecule has 310 valence electrons. The number of aliphatic hydroxyl groups excluding tert-OH is 1. The van der Waals surface area contributed by atoms with Gasteiger partial charge in [-0.1, -0.05) is 154 Å². The quantitative estimate of drug-likeness (QED) is 0.0500. The lowest BCUT2D eigenvalue weighted by Gasteiger charge is -2.22. The van der Waals surface area contributed by atoms with E-state index in [0.29, 0.717) is 11.1 Å². The number of ketones is 1. The molecule has 2 heterocycles. The van der Waals surface area contributed by atoms with Gasteiger partial charge >= 0.3 is 11.5 Å². The van der Waals surface area contributed by atoms with Crippen LogP contribution in [0.5, 0.6) is 0 Å². The first-order chi connectivity index (χ1) is 28.4. The fourth-order valence-electron chi connectivity index (χ4n) is 7.89. The molecular formula is C54H71O4+. The maximum Gasteiger partial charge on any atom is 0.360 e. The second-order valence-electron chi connectivity index (χ2n) is 16.6. The highest BCUT2D eigenvalue weighted by Crippen LogP contribution is 2.36. The van der Waals surface area contributed by atoms with Crippen molar-refractivity contribution in [2.45, 2.75) is 169 Å². The summed E-state index contributed by atoms with van der Waals surface area (Å²) >= 11 is 0. The lowest BCUT2D eigenvalue weighted by atomic mass is 9.85. The van der Waals surface area contributed by atoms with Crippen molar-refractivity contribution in [2.75, 3.05) is 0 Å². The van der Waals surface area contributed by atoms with Crippen molar-refractivity contribution in [3.8, 4) is 11.3 Å². The molecule has 1 aliphatic carbocycles. The minimum absolute atomic E-state index is 0.0350. The molecule has 3 aromatic rings. The number of Topliss-reactive ketones (excluding diaryl/α,β-unsaturated/α-hetero) is 1. The predicted octanol–water partition coefficient (Wildman–Crippen LogP) is 16.0. The molecule has 0 bridgehead atoms. The van der Waals surface area contributed by atoms with Crippen molar-refractivity contribution in [2.24, 2.45) is 0 Å². The van der Waals surface area contributed by atoms with E-state index in [2.05, 4.69) is 76.2 Å². The third kappa shape index (κ3) is 13.8. The number of benzene rings is 2. The normalized spacial score (nSPS) is 15.5. The predicted molar refractivity (Wildman–Crippen MR) is 244 cm³/mol.